The first kappa shape index (κ1) is 14.5. The Morgan fingerprint density at radius 1 is 1.16 bits per heavy atom. The van der Waals surface area contributed by atoms with Gasteiger partial charge in [0.25, 0.3) is 0 Å². The van der Waals surface area contributed by atoms with E-state index in [2.05, 4.69) is 0 Å². The molecule has 0 aromatic heterocycles. The summed E-state index contributed by atoms with van der Waals surface area (Å²) >= 11 is 0. The number of phenols is 1. The molecule has 1 aromatic carbocycles. The molecule has 0 spiro atoms. The topological polar surface area (TPSA) is 72.8 Å². The predicted octanol–water partition coefficient (Wildman–Crippen LogP) is 1.75. The monoisotopic (exact) mass is 262 g/mol. The third kappa shape index (κ3) is 3.99. The summed E-state index contributed by atoms with van der Waals surface area (Å²) in [6.07, 6.45) is 6.10. The molecule has 19 heavy (non-hydrogen) atoms. The molecule has 0 aliphatic rings. The molecule has 0 bridgehead atoms. The van der Waals surface area contributed by atoms with Crippen molar-refractivity contribution in [2.45, 2.75) is 0 Å². The lowest BCUT2D eigenvalue weighted by Crippen LogP contribution is -1.90. The number of allylic oxidation sites excluding steroid dienone is 3. The van der Waals surface area contributed by atoms with Gasteiger partial charge in [-0.2, -0.15) is 0 Å². The summed E-state index contributed by atoms with van der Waals surface area (Å²) in [4.78, 5) is 20.8. The highest BCUT2D eigenvalue weighted by molar-refractivity contribution is 6.30. The first-order chi connectivity index (χ1) is 9.12. The van der Waals surface area contributed by atoms with Crippen LogP contribution in [0.1, 0.15) is 5.56 Å². The van der Waals surface area contributed by atoms with E-state index in [-0.39, 0.29) is 23.5 Å². The summed E-state index contributed by atoms with van der Waals surface area (Å²) in [5, 5.41) is 9.72. The number of hydrogen-bond acceptors (Lipinski definition) is 5. The lowest BCUT2D eigenvalue weighted by atomic mass is 10.1. The summed E-state index contributed by atoms with van der Waals surface area (Å²) in [6.45, 7) is 0. The van der Waals surface area contributed by atoms with Gasteiger partial charge in [-0.3, -0.25) is 9.59 Å². The van der Waals surface area contributed by atoms with E-state index in [9.17, 15) is 14.7 Å². The maximum atomic E-state index is 10.7. The van der Waals surface area contributed by atoms with Crippen LogP contribution in [-0.4, -0.2) is 31.4 Å². The number of aldehydes is 1. The van der Waals surface area contributed by atoms with E-state index in [0.717, 1.165) is 11.6 Å². The van der Waals surface area contributed by atoms with Gasteiger partial charge in [-0.15, -0.1) is 0 Å². The Morgan fingerprint density at radius 3 is 2.21 bits per heavy atom. The zero-order valence-corrected chi connectivity index (χ0v) is 10.6. The van der Waals surface area contributed by atoms with E-state index in [1.165, 1.54) is 20.3 Å². The van der Waals surface area contributed by atoms with Gasteiger partial charge in [-0.1, -0.05) is 18.2 Å². The Bertz CT molecular complexity index is 504. The number of carbonyl (C=O) groups excluding carboxylic acids is 2. The van der Waals surface area contributed by atoms with Crippen LogP contribution in [0.2, 0.25) is 0 Å². The molecule has 100 valence electrons. The van der Waals surface area contributed by atoms with Crippen molar-refractivity contribution >= 4 is 18.1 Å². The van der Waals surface area contributed by atoms with Crippen molar-refractivity contribution in [1.29, 1.82) is 0 Å². The number of benzene rings is 1. The molecule has 1 N–H and O–H groups in total. The van der Waals surface area contributed by atoms with E-state index in [0.29, 0.717) is 0 Å². The molecule has 0 fully saturated rings. The van der Waals surface area contributed by atoms with Crippen LogP contribution in [-0.2, 0) is 9.59 Å². The fraction of sp³-hybridized carbons (Fsp3) is 0.143. The van der Waals surface area contributed by atoms with Crippen LogP contribution in [0.4, 0.5) is 0 Å². The van der Waals surface area contributed by atoms with Gasteiger partial charge >= 0.3 is 0 Å². The smallest absolute Gasteiger partial charge is 0.218 e. The molecule has 0 aliphatic heterocycles. The minimum absolute atomic E-state index is 0.0752. The zero-order valence-electron chi connectivity index (χ0n) is 10.6. The third-order valence-corrected chi connectivity index (χ3v) is 2.28. The normalized spacial score (nSPS) is 10.8. The number of ether oxygens (including phenoxy) is 2. The second-order valence-corrected chi connectivity index (χ2v) is 3.51. The molecule has 5 heteroatoms. The van der Waals surface area contributed by atoms with Crippen molar-refractivity contribution in [3.63, 3.8) is 0 Å². The molecule has 0 amide bonds. The van der Waals surface area contributed by atoms with Crippen molar-refractivity contribution < 1.29 is 24.2 Å². The lowest BCUT2D eigenvalue weighted by molar-refractivity contribution is -0.126. The minimum Gasteiger partial charge on any atom is -0.502 e. The molecular formula is C14H14O5. The Balaban J connectivity index is 2.95. The van der Waals surface area contributed by atoms with Gasteiger partial charge in [0.15, 0.2) is 17.8 Å². The average Bonchev–Trinajstić information content (AvgIpc) is 2.44. The van der Waals surface area contributed by atoms with Gasteiger partial charge in [-0.25, -0.2) is 0 Å². The van der Waals surface area contributed by atoms with Crippen LogP contribution in [0, 0.1) is 0 Å². The van der Waals surface area contributed by atoms with Gasteiger partial charge < -0.3 is 14.6 Å². The Morgan fingerprint density at radius 2 is 1.74 bits per heavy atom. The highest BCUT2D eigenvalue weighted by Crippen LogP contribution is 2.37. The summed E-state index contributed by atoms with van der Waals surface area (Å²) in [6, 6.07) is 3.23. The fourth-order valence-electron chi connectivity index (χ4n) is 1.37. The largest absolute Gasteiger partial charge is 0.502 e. The lowest BCUT2D eigenvalue weighted by Gasteiger charge is -2.09. The number of carbonyl (C=O) groups is 2. The van der Waals surface area contributed by atoms with E-state index in [1.54, 1.807) is 24.3 Å². The third-order valence-electron chi connectivity index (χ3n) is 2.28. The van der Waals surface area contributed by atoms with Crippen LogP contribution in [0.25, 0.3) is 6.08 Å². The highest BCUT2D eigenvalue weighted by atomic mass is 16.5. The molecular weight excluding hydrogens is 248 g/mol. The molecule has 1 aromatic rings. The van der Waals surface area contributed by atoms with E-state index in [4.69, 9.17) is 9.47 Å². The SMILES string of the molecule is COc1cc(/C=C/C=C/C(=O)C=O)cc(OC)c1O. The van der Waals surface area contributed by atoms with Crippen molar-refractivity contribution in [1.82, 2.24) is 0 Å². The fourth-order valence-corrected chi connectivity index (χ4v) is 1.37. The molecule has 0 saturated heterocycles. The molecule has 0 unspecified atom stereocenters. The number of methoxy groups -OCH3 is 2. The number of hydrogen-bond donors (Lipinski definition) is 1. The Labute approximate surface area is 110 Å². The summed E-state index contributed by atoms with van der Waals surface area (Å²) in [7, 11) is 2.87. The molecule has 0 saturated carbocycles. The molecule has 0 radical (unpaired) electrons. The number of aromatic hydroxyl groups is 1. The first-order valence-corrected chi connectivity index (χ1v) is 5.41. The van der Waals surface area contributed by atoms with Crippen LogP contribution in [0.15, 0.2) is 30.4 Å². The van der Waals surface area contributed by atoms with E-state index < -0.39 is 5.78 Å². The average molecular weight is 262 g/mol. The number of rotatable bonds is 6. The van der Waals surface area contributed by atoms with Gasteiger partial charge in [0, 0.05) is 0 Å². The Kier molecular flexibility index (Phi) is 5.35. The van der Waals surface area contributed by atoms with Gasteiger partial charge in [0.05, 0.1) is 14.2 Å². The van der Waals surface area contributed by atoms with Crippen molar-refractivity contribution in [2.75, 3.05) is 14.2 Å². The zero-order chi connectivity index (χ0) is 14.3. The predicted molar refractivity (Wildman–Crippen MR) is 70.5 cm³/mol. The van der Waals surface area contributed by atoms with Gasteiger partial charge in [0.1, 0.15) is 0 Å². The maximum absolute atomic E-state index is 10.7. The Hall–Kier alpha value is -2.56. The van der Waals surface area contributed by atoms with E-state index >= 15 is 0 Å². The van der Waals surface area contributed by atoms with Crippen molar-refractivity contribution in [3.05, 3.63) is 35.9 Å². The molecule has 1 rings (SSSR count). The van der Waals surface area contributed by atoms with Crippen LogP contribution >= 0.6 is 0 Å². The first-order valence-electron chi connectivity index (χ1n) is 5.41. The van der Waals surface area contributed by atoms with Gasteiger partial charge in [-0.05, 0) is 23.8 Å². The summed E-state index contributed by atoms with van der Waals surface area (Å²) in [5.41, 5.74) is 0.717. The van der Waals surface area contributed by atoms with Crippen molar-refractivity contribution in [3.8, 4) is 17.2 Å². The van der Waals surface area contributed by atoms with E-state index in [1.807, 2.05) is 0 Å². The quantitative estimate of drug-likeness (QED) is 0.366. The van der Waals surface area contributed by atoms with Crippen molar-refractivity contribution in [2.24, 2.45) is 0 Å². The molecule has 0 aliphatic carbocycles. The summed E-state index contributed by atoms with van der Waals surface area (Å²) in [5.74, 6) is -0.113. The van der Waals surface area contributed by atoms with Crippen LogP contribution < -0.4 is 9.47 Å². The number of phenolic OH excluding ortho intramolecular Hbond substituents is 1. The highest BCUT2D eigenvalue weighted by Gasteiger charge is 2.09. The van der Waals surface area contributed by atoms with Crippen LogP contribution in [0.5, 0.6) is 17.2 Å². The molecule has 0 heterocycles. The minimum atomic E-state index is -0.606. The second-order valence-electron chi connectivity index (χ2n) is 3.51. The summed E-state index contributed by atoms with van der Waals surface area (Å²) < 4.78 is 10.0. The second kappa shape index (κ2) is 7.00. The molecule has 5 nitrogen and oxygen atoms in total. The maximum Gasteiger partial charge on any atom is 0.218 e. The van der Waals surface area contributed by atoms with Gasteiger partial charge in [0.2, 0.25) is 11.5 Å². The number of ketones is 1. The van der Waals surface area contributed by atoms with Crippen LogP contribution in [0.3, 0.4) is 0 Å². The molecule has 0 atom stereocenters. The standard InChI is InChI=1S/C14H14O5/c1-18-12-7-10(8-13(19-2)14(12)17)5-3-4-6-11(16)9-15/h3-9,17H,1-2H3/b5-3+,6-4+.